The third-order valence-corrected chi connectivity index (χ3v) is 6.54. The third kappa shape index (κ3) is 8.12. The highest BCUT2D eigenvalue weighted by atomic mass is 127. The van der Waals surface area contributed by atoms with E-state index in [-0.39, 0.29) is 41.5 Å². The molecule has 0 amide bonds. The van der Waals surface area contributed by atoms with Crippen LogP contribution in [-0.2, 0) is 16.4 Å². The van der Waals surface area contributed by atoms with Crippen LogP contribution in [-0.4, -0.2) is 70.1 Å². The monoisotopic (exact) mass is 524 g/mol. The van der Waals surface area contributed by atoms with Crippen molar-refractivity contribution >= 4 is 39.8 Å². The number of hydrogen-bond donors (Lipinski definition) is 2. The molecular weight excluding hydrogens is 491 g/mol. The molecule has 28 heavy (non-hydrogen) atoms. The first-order chi connectivity index (χ1) is 13.0. The van der Waals surface area contributed by atoms with Gasteiger partial charge in [-0.3, -0.25) is 4.99 Å². The van der Waals surface area contributed by atoms with E-state index >= 15 is 0 Å². The van der Waals surface area contributed by atoms with Gasteiger partial charge in [-0.2, -0.15) is 0 Å². The molecule has 9 heteroatoms. The Kier molecular flexibility index (Phi) is 11.1. The van der Waals surface area contributed by atoms with Crippen molar-refractivity contribution in [2.75, 3.05) is 44.8 Å². The maximum atomic E-state index is 11.6. The Morgan fingerprint density at radius 3 is 2.61 bits per heavy atom. The summed E-state index contributed by atoms with van der Waals surface area (Å²) in [7, 11) is -1.23. The summed E-state index contributed by atoms with van der Waals surface area (Å²) in [6.07, 6.45) is 0.619. The summed E-state index contributed by atoms with van der Waals surface area (Å²) >= 11 is 0. The molecule has 1 aromatic carbocycles. The van der Waals surface area contributed by atoms with Gasteiger partial charge in [0.2, 0.25) is 0 Å². The molecule has 0 spiro atoms. The second kappa shape index (κ2) is 12.5. The van der Waals surface area contributed by atoms with Crippen LogP contribution >= 0.6 is 24.0 Å². The van der Waals surface area contributed by atoms with E-state index in [1.165, 1.54) is 0 Å². The van der Waals surface area contributed by atoms with Crippen molar-refractivity contribution in [2.45, 2.75) is 32.9 Å². The number of ether oxygens (including phenoxy) is 1. The van der Waals surface area contributed by atoms with Crippen molar-refractivity contribution in [3.63, 3.8) is 0 Å². The van der Waals surface area contributed by atoms with Crippen molar-refractivity contribution in [3.8, 4) is 5.75 Å². The number of benzene rings is 1. The lowest BCUT2D eigenvalue weighted by molar-refractivity contribution is 0.221. The van der Waals surface area contributed by atoms with E-state index in [1.807, 2.05) is 24.3 Å². The van der Waals surface area contributed by atoms with Gasteiger partial charge in [0.05, 0.1) is 11.5 Å². The lowest BCUT2D eigenvalue weighted by Crippen LogP contribution is -2.43. The zero-order valence-corrected chi connectivity index (χ0v) is 20.1. The van der Waals surface area contributed by atoms with Crippen molar-refractivity contribution in [2.24, 2.45) is 4.99 Å². The van der Waals surface area contributed by atoms with Crippen molar-refractivity contribution < 1.29 is 13.2 Å². The summed E-state index contributed by atoms with van der Waals surface area (Å²) in [5, 5.41) is 6.45. The van der Waals surface area contributed by atoms with Gasteiger partial charge in [-0.1, -0.05) is 32.0 Å². The molecule has 1 saturated heterocycles. The molecule has 0 aromatic heterocycles. The number of nitrogens with zero attached hydrogens (tertiary/aromatic N) is 2. The average molecular weight is 524 g/mol. The Balaban J connectivity index is 0.00000392. The summed E-state index contributed by atoms with van der Waals surface area (Å²) in [6.45, 7) is 8.43. The quantitative estimate of drug-likeness (QED) is 0.292. The van der Waals surface area contributed by atoms with Gasteiger partial charge in [-0.25, -0.2) is 8.42 Å². The minimum atomic E-state index is -2.91. The van der Waals surface area contributed by atoms with Crippen molar-refractivity contribution in [1.29, 1.82) is 0 Å². The molecule has 0 saturated carbocycles. The van der Waals surface area contributed by atoms with Gasteiger partial charge >= 0.3 is 0 Å². The molecule has 1 heterocycles. The SMILES string of the molecule is CCN(CC)CCOc1ccccc1CNC(=NC)NC1CCS(=O)(=O)C1.I. The van der Waals surface area contributed by atoms with Crippen molar-refractivity contribution in [3.05, 3.63) is 29.8 Å². The fraction of sp³-hybridized carbons (Fsp3) is 0.632. The Labute approximate surface area is 186 Å². The lowest BCUT2D eigenvalue weighted by Gasteiger charge is -2.20. The smallest absolute Gasteiger partial charge is 0.191 e. The van der Waals surface area contributed by atoms with Crippen molar-refractivity contribution in [1.82, 2.24) is 15.5 Å². The third-order valence-electron chi connectivity index (χ3n) is 4.78. The van der Waals surface area contributed by atoms with E-state index in [9.17, 15) is 8.42 Å². The van der Waals surface area contributed by atoms with Crippen LogP contribution in [0.3, 0.4) is 0 Å². The van der Waals surface area contributed by atoms with E-state index in [1.54, 1.807) is 7.05 Å². The molecular formula is C19H33IN4O3S. The van der Waals surface area contributed by atoms with Crippen LogP contribution in [0.5, 0.6) is 5.75 Å². The Morgan fingerprint density at radius 2 is 2.00 bits per heavy atom. The first-order valence-corrected chi connectivity index (χ1v) is 11.4. The number of likely N-dealkylation sites (N-methyl/N-ethyl adjacent to an activating group) is 1. The maximum Gasteiger partial charge on any atom is 0.191 e. The highest BCUT2D eigenvalue weighted by Gasteiger charge is 2.28. The Hall–Kier alpha value is -1.07. The molecule has 2 rings (SSSR count). The van der Waals surface area contributed by atoms with Gasteiger partial charge in [0.1, 0.15) is 12.4 Å². The van der Waals surface area contributed by atoms with E-state index in [2.05, 4.69) is 34.4 Å². The molecule has 1 aliphatic rings. The molecule has 1 unspecified atom stereocenters. The van der Waals surface area contributed by atoms with Crippen LogP contribution < -0.4 is 15.4 Å². The lowest BCUT2D eigenvalue weighted by atomic mass is 10.2. The first kappa shape index (κ1) is 25.0. The maximum absolute atomic E-state index is 11.6. The van der Waals surface area contributed by atoms with Crippen LogP contribution in [0.25, 0.3) is 0 Å². The zero-order valence-electron chi connectivity index (χ0n) is 17.0. The highest BCUT2D eigenvalue weighted by molar-refractivity contribution is 14.0. The summed E-state index contributed by atoms with van der Waals surface area (Å²) in [4.78, 5) is 6.53. The minimum absolute atomic E-state index is 0. The first-order valence-electron chi connectivity index (χ1n) is 9.58. The molecule has 1 atom stereocenters. The van der Waals surface area contributed by atoms with E-state index < -0.39 is 9.84 Å². The Morgan fingerprint density at radius 1 is 1.29 bits per heavy atom. The average Bonchev–Trinajstić information content (AvgIpc) is 3.01. The molecule has 1 fully saturated rings. The van der Waals surface area contributed by atoms with Gasteiger partial charge in [-0.15, -0.1) is 24.0 Å². The number of nitrogens with one attached hydrogen (secondary N) is 2. The number of halogens is 1. The number of para-hydroxylation sites is 1. The van der Waals surface area contributed by atoms with E-state index in [4.69, 9.17) is 4.74 Å². The van der Waals surface area contributed by atoms with Crippen LogP contribution in [0.2, 0.25) is 0 Å². The number of aliphatic imine (C=N–C) groups is 1. The van der Waals surface area contributed by atoms with Crippen LogP contribution in [0, 0.1) is 0 Å². The number of sulfone groups is 1. The van der Waals surface area contributed by atoms with E-state index in [0.717, 1.165) is 30.9 Å². The topological polar surface area (TPSA) is 83.0 Å². The predicted molar refractivity (Wildman–Crippen MR) is 126 cm³/mol. The molecule has 160 valence electrons. The zero-order chi connectivity index (χ0) is 19.7. The predicted octanol–water partition coefficient (Wildman–Crippen LogP) is 1.88. The molecule has 2 N–H and O–H groups in total. The second-order valence-electron chi connectivity index (χ2n) is 6.65. The van der Waals surface area contributed by atoms with E-state index in [0.29, 0.717) is 25.5 Å². The number of hydrogen-bond acceptors (Lipinski definition) is 5. The molecule has 1 aromatic rings. The normalized spacial score (nSPS) is 18.6. The number of guanidine groups is 1. The largest absolute Gasteiger partial charge is 0.492 e. The number of rotatable bonds is 9. The van der Waals surface area contributed by atoms with Gasteiger partial charge in [0, 0.05) is 31.7 Å². The Bertz CT molecular complexity index is 724. The summed E-state index contributed by atoms with van der Waals surface area (Å²) in [6, 6.07) is 7.86. The van der Waals surface area contributed by atoms with Crippen LogP contribution in [0.4, 0.5) is 0 Å². The van der Waals surface area contributed by atoms with Gasteiger partial charge < -0.3 is 20.3 Å². The summed E-state index contributed by atoms with van der Waals surface area (Å²) < 4.78 is 29.2. The summed E-state index contributed by atoms with van der Waals surface area (Å²) in [5.41, 5.74) is 1.04. The summed E-state index contributed by atoms with van der Waals surface area (Å²) in [5.74, 6) is 1.87. The van der Waals surface area contributed by atoms with Gasteiger partial charge in [0.25, 0.3) is 0 Å². The molecule has 1 aliphatic heterocycles. The van der Waals surface area contributed by atoms with Gasteiger partial charge in [0.15, 0.2) is 15.8 Å². The standard InChI is InChI=1S/C19H32N4O3S.HI/c1-4-23(5-2)11-12-26-18-9-7-6-8-16(18)14-21-19(20-3)22-17-10-13-27(24,25)15-17;/h6-9,17H,4-5,10-15H2,1-3H3,(H2,20,21,22);1H. The fourth-order valence-corrected chi connectivity index (χ4v) is 4.76. The minimum Gasteiger partial charge on any atom is -0.492 e. The second-order valence-corrected chi connectivity index (χ2v) is 8.88. The molecule has 0 radical (unpaired) electrons. The molecule has 0 bridgehead atoms. The van der Waals surface area contributed by atoms with Crippen LogP contribution in [0.15, 0.2) is 29.3 Å². The highest BCUT2D eigenvalue weighted by Crippen LogP contribution is 2.18. The fourth-order valence-electron chi connectivity index (χ4n) is 3.09. The van der Waals surface area contributed by atoms with Gasteiger partial charge in [-0.05, 0) is 25.6 Å². The molecule has 7 nitrogen and oxygen atoms in total. The van der Waals surface area contributed by atoms with Crippen LogP contribution in [0.1, 0.15) is 25.8 Å². The molecule has 0 aliphatic carbocycles.